The molecule has 6 heteroatoms. The van der Waals surface area contributed by atoms with E-state index >= 15 is 0 Å². The number of thioether (sulfide) groups is 1. The molecule has 1 fully saturated rings. The number of hydrogen-bond donors (Lipinski definition) is 1. The predicted molar refractivity (Wildman–Crippen MR) is 104 cm³/mol. The second-order valence-electron chi connectivity index (χ2n) is 6.85. The van der Waals surface area contributed by atoms with E-state index in [1.807, 2.05) is 54.3 Å². The molecular weight excluding hydrogens is 334 g/mol. The molecule has 1 aliphatic heterocycles. The molecule has 0 radical (unpaired) electrons. The maximum Gasteiger partial charge on any atom is 0.239 e. The summed E-state index contributed by atoms with van der Waals surface area (Å²) in [7, 11) is 1.83. The van der Waals surface area contributed by atoms with Gasteiger partial charge in [-0.25, -0.2) is 0 Å². The highest BCUT2D eigenvalue weighted by Crippen LogP contribution is 2.24. The van der Waals surface area contributed by atoms with Crippen molar-refractivity contribution in [2.75, 3.05) is 38.3 Å². The first-order valence-electron chi connectivity index (χ1n) is 8.84. The van der Waals surface area contributed by atoms with Crippen molar-refractivity contribution in [3.8, 4) is 0 Å². The van der Waals surface area contributed by atoms with Crippen LogP contribution in [0.15, 0.2) is 29.2 Å². The van der Waals surface area contributed by atoms with Crippen molar-refractivity contribution < 1.29 is 9.59 Å². The average molecular weight is 364 g/mol. The van der Waals surface area contributed by atoms with Crippen molar-refractivity contribution in [3.63, 3.8) is 0 Å². The van der Waals surface area contributed by atoms with Crippen LogP contribution < -0.4 is 5.32 Å². The molecule has 1 saturated heterocycles. The van der Waals surface area contributed by atoms with Crippen molar-refractivity contribution in [2.45, 2.75) is 37.6 Å². The van der Waals surface area contributed by atoms with Crippen LogP contribution in [0.25, 0.3) is 0 Å². The second kappa shape index (κ2) is 9.25. The summed E-state index contributed by atoms with van der Waals surface area (Å²) in [6.07, 6.45) is 4.11. The Bertz CT molecular complexity index is 600. The van der Waals surface area contributed by atoms with E-state index in [0.29, 0.717) is 5.92 Å². The third-order valence-electron chi connectivity index (χ3n) is 4.89. The largest absolute Gasteiger partial charge is 0.341 e. The zero-order valence-corrected chi connectivity index (χ0v) is 16.4. The standard InChI is InChI=1S/C19H29N3O2S/c1-14-9-11-22(12-10-14)19(24)15(2)21(3)13-18(23)20-16-7-5-6-8-17(16)25-4/h5-8,14-15H,9-13H2,1-4H3,(H,20,23). The summed E-state index contributed by atoms with van der Waals surface area (Å²) in [6, 6.07) is 7.44. The molecular formula is C19H29N3O2S. The van der Waals surface area contributed by atoms with Gasteiger partial charge in [-0.05, 0) is 51.1 Å². The zero-order chi connectivity index (χ0) is 18.4. The van der Waals surface area contributed by atoms with Crippen LogP contribution in [0.5, 0.6) is 0 Å². The van der Waals surface area contributed by atoms with E-state index in [1.165, 1.54) is 0 Å². The Hall–Kier alpha value is -1.53. The van der Waals surface area contributed by atoms with Crippen molar-refractivity contribution in [2.24, 2.45) is 5.92 Å². The molecule has 0 aromatic heterocycles. The molecule has 138 valence electrons. The summed E-state index contributed by atoms with van der Waals surface area (Å²) >= 11 is 1.60. The molecule has 1 aromatic carbocycles. The first kappa shape index (κ1) is 19.8. The van der Waals surface area contributed by atoms with E-state index in [-0.39, 0.29) is 24.4 Å². The molecule has 2 amide bonds. The number of carbonyl (C=O) groups is 2. The SMILES string of the molecule is CSc1ccccc1NC(=O)CN(C)C(C)C(=O)N1CCC(C)CC1. The number of likely N-dealkylation sites (tertiary alicyclic amines) is 1. The number of rotatable bonds is 6. The van der Waals surface area contributed by atoms with E-state index in [4.69, 9.17) is 0 Å². The number of nitrogens with one attached hydrogen (secondary N) is 1. The van der Waals surface area contributed by atoms with Crippen LogP contribution in [0.2, 0.25) is 0 Å². The Morgan fingerprint density at radius 2 is 1.96 bits per heavy atom. The van der Waals surface area contributed by atoms with Gasteiger partial charge in [0.1, 0.15) is 0 Å². The normalized spacial score (nSPS) is 16.8. The van der Waals surface area contributed by atoms with E-state index < -0.39 is 0 Å². The van der Waals surface area contributed by atoms with Crippen molar-refractivity contribution in [3.05, 3.63) is 24.3 Å². The first-order valence-corrected chi connectivity index (χ1v) is 10.1. The van der Waals surface area contributed by atoms with Crippen LogP contribution in [0.3, 0.4) is 0 Å². The fraction of sp³-hybridized carbons (Fsp3) is 0.579. The van der Waals surface area contributed by atoms with Gasteiger partial charge in [0, 0.05) is 18.0 Å². The Morgan fingerprint density at radius 3 is 2.60 bits per heavy atom. The number of carbonyl (C=O) groups excluding carboxylic acids is 2. The molecule has 0 saturated carbocycles. The minimum Gasteiger partial charge on any atom is -0.341 e. The minimum atomic E-state index is -0.296. The lowest BCUT2D eigenvalue weighted by molar-refractivity contribution is -0.137. The van der Waals surface area contributed by atoms with E-state index in [2.05, 4.69) is 12.2 Å². The van der Waals surface area contributed by atoms with Gasteiger partial charge in [-0.3, -0.25) is 14.5 Å². The van der Waals surface area contributed by atoms with Gasteiger partial charge in [0.2, 0.25) is 11.8 Å². The highest BCUT2D eigenvalue weighted by Gasteiger charge is 2.27. The van der Waals surface area contributed by atoms with Crippen LogP contribution in [0, 0.1) is 5.92 Å². The number of para-hydroxylation sites is 1. The smallest absolute Gasteiger partial charge is 0.239 e. The van der Waals surface area contributed by atoms with Gasteiger partial charge in [0.25, 0.3) is 0 Å². The lowest BCUT2D eigenvalue weighted by atomic mass is 9.99. The number of piperidine rings is 1. The highest BCUT2D eigenvalue weighted by atomic mass is 32.2. The minimum absolute atomic E-state index is 0.101. The number of amides is 2. The molecule has 1 aliphatic rings. The van der Waals surface area contributed by atoms with Gasteiger partial charge in [-0.15, -0.1) is 11.8 Å². The lowest BCUT2D eigenvalue weighted by Gasteiger charge is -2.34. The molecule has 0 bridgehead atoms. The third kappa shape index (κ3) is 5.47. The average Bonchev–Trinajstić information content (AvgIpc) is 2.61. The van der Waals surface area contributed by atoms with Crippen LogP contribution in [0.1, 0.15) is 26.7 Å². The van der Waals surface area contributed by atoms with Crippen molar-refractivity contribution in [1.82, 2.24) is 9.80 Å². The summed E-state index contributed by atoms with van der Waals surface area (Å²) in [5.74, 6) is 0.710. The van der Waals surface area contributed by atoms with Crippen LogP contribution in [-0.2, 0) is 9.59 Å². The van der Waals surface area contributed by atoms with Gasteiger partial charge >= 0.3 is 0 Å². The number of nitrogens with zero attached hydrogens (tertiary/aromatic N) is 2. The Labute approximate surface area is 155 Å². The zero-order valence-electron chi connectivity index (χ0n) is 15.6. The summed E-state index contributed by atoms with van der Waals surface area (Å²) in [5.41, 5.74) is 0.817. The van der Waals surface area contributed by atoms with Gasteiger partial charge in [-0.2, -0.15) is 0 Å². The second-order valence-corrected chi connectivity index (χ2v) is 7.70. The molecule has 1 aromatic rings. The lowest BCUT2D eigenvalue weighted by Crippen LogP contribution is -2.49. The fourth-order valence-electron chi connectivity index (χ4n) is 2.98. The van der Waals surface area contributed by atoms with Crippen molar-refractivity contribution >= 4 is 29.3 Å². The molecule has 25 heavy (non-hydrogen) atoms. The topological polar surface area (TPSA) is 52.7 Å². The molecule has 1 atom stereocenters. The Kier molecular flexibility index (Phi) is 7.32. The molecule has 0 aliphatic carbocycles. The molecule has 1 unspecified atom stereocenters. The summed E-state index contributed by atoms with van der Waals surface area (Å²) in [5, 5.41) is 2.95. The Morgan fingerprint density at radius 1 is 1.32 bits per heavy atom. The van der Waals surface area contributed by atoms with Gasteiger partial charge in [0.05, 0.1) is 18.3 Å². The number of benzene rings is 1. The number of anilines is 1. The number of hydrogen-bond acceptors (Lipinski definition) is 4. The Balaban J connectivity index is 1.88. The first-order chi connectivity index (χ1) is 11.9. The summed E-state index contributed by atoms with van der Waals surface area (Å²) in [6.45, 7) is 5.95. The molecule has 5 nitrogen and oxygen atoms in total. The van der Waals surface area contributed by atoms with Crippen LogP contribution >= 0.6 is 11.8 Å². The van der Waals surface area contributed by atoms with Crippen LogP contribution in [-0.4, -0.2) is 60.6 Å². The van der Waals surface area contributed by atoms with Gasteiger partial charge in [-0.1, -0.05) is 19.1 Å². The summed E-state index contributed by atoms with van der Waals surface area (Å²) in [4.78, 5) is 29.8. The van der Waals surface area contributed by atoms with Crippen LogP contribution in [0.4, 0.5) is 5.69 Å². The fourth-order valence-corrected chi connectivity index (χ4v) is 3.54. The molecule has 0 spiro atoms. The van der Waals surface area contributed by atoms with E-state index in [1.54, 1.807) is 11.8 Å². The predicted octanol–water partition coefficient (Wildman–Crippen LogP) is 2.93. The molecule has 2 rings (SSSR count). The highest BCUT2D eigenvalue weighted by molar-refractivity contribution is 7.98. The maximum atomic E-state index is 12.6. The summed E-state index contributed by atoms with van der Waals surface area (Å²) < 4.78 is 0. The van der Waals surface area contributed by atoms with E-state index in [0.717, 1.165) is 36.5 Å². The molecule has 1 heterocycles. The molecule has 1 N–H and O–H groups in total. The number of likely N-dealkylation sites (N-methyl/N-ethyl adjacent to an activating group) is 1. The van der Waals surface area contributed by atoms with E-state index in [9.17, 15) is 9.59 Å². The van der Waals surface area contributed by atoms with Crippen molar-refractivity contribution in [1.29, 1.82) is 0 Å². The maximum absolute atomic E-state index is 12.6. The van der Waals surface area contributed by atoms with Gasteiger partial charge < -0.3 is 10.2 Å². The monoisotopic (exact) mass is 363 g/mol. The third-order valence-corrected chi connectivity index (χ3v) is 5.68. The quantitative estimate of drug-likeness (QED) is 0.790. The van der Waals surface area contributed by atoms with Gasteiger partial charge in [0.15, 0.2) is 0 Å².